The summed E-state index contributed by atoms with van der Waals surface area (Å²) < 4.78 is 20.4. The van der Waals surface area contributed by atoms with Crippen LogP contribution in [0.3, 0.4) is 0 Å². The lowest BCUT2D eigenvalue weighted by molar-refractivity contribution is -0.145. The molecule has 0 bridgehead atoms. The zero-order valence-corrected chi connectivity index (χ0v) is 13.6. The number of carbonyl (C=O) groups is 1. The van der Waals surface area contributed by atoms with Gasteiger partial charge in [0.05, 0.1) is 20.6 Å². The summed E-state index contributed by atoms with van der Waals surface area (Å²) in [5.41, 5.74) is 0.698. The fraction of sp³-hybridized carbons (Fsp3) is 0.375. The zero-order valence-electron chi connectivity index (χ0n) is 13.6. The summed E-state index contributed by atoms with van der Waals surface area (Å²) in [5.74, 6) is 1.34. The van der Waals surface area contributed by atoms with E-state index >= 15 is 0 Å². The quantitative estimate of drug-likeness (QED) is 0.710. The third kappa shape index (κ3) is 4.23. The lowest BCUT2D eigenvalue weighted by Crippen LogP contribution is -2.13. The van der Waals surface area contributed by atoms with Gasteiger partial charge in [0.25, 0.3) is 0 Å². The maximum atomic E-state index is 11.5. The van der Waals surface area contributed by atoms with Gasteiger partial charge in [-0.3, -0.25) is 4.79 Å². The number of hydrogen-bond acceptors (Lipinski definition) is 8. The molecule has 0 spiro atoms. The number of aromatic nitrogens is 2. The van der Waals surface area contributed by atoms with E-state index in [1.807, 2.05) is 6.07 Å². The van der Waals surface area contributed by atoms with Gasteiger partial charge in [-0.15, -0.1) is 0 Å². The molecule has 0 aliphatic carbocycles. The molecule has 0 saturated carbocycles. The Labute approximate surface area is 138 Å². The van der Waals surface area contributed by atoms with Gasteiger partial charge in [-0.05, 0) is 25.1 Å². The molecule has 0 fully saturated rings. The fourth-order valence-electron chi connectivity index (χ4n) is 1.94. The molecule has 1 atom stereocenters. The first-order valence-corrected chi connectivity index (χ1v) is 7.21. The maximum absolute atomic E-state index is 11.5. The molecular weight excluding hydrogens is 314 g/mol. The molecule has 0 saturated heterocycles. The Morgan fingerprint density at radius 1 is 1.33 bits per heavy atom. The first kappa shape index (κ1) is 17.3. The van der Waals surface area contributed by atoms with Gasteiger partial charge in [0.15, 0.2) is 17.6 Å². The molecule has 1 aromatic carbocycles. The lowest BCUT2D eigenvalue weighted by atomic mass is 10.2. The SMILES string of the molecule is COc1ccc(-c2noc(CCC(=O)O[C@H](C)C#N)n2)cc1OC. The van der Waals surface area contributed by atoms with Gasteiger partial charge in [-0.2, -0.15) is 10.2 Å². The third-order valence-electron chi connectivity index (χ3n) is 3.14. The summed E-state index contributed by atoms with van der Waals surface area (Å²) in [6.45, 7) is 1.50. The minimum absolute atomic E-state index is 0.0551. The van der Waals surface area contributed by atoms with Crippen molar-refractivity contribution in [3.05, 3.63) is 24.1 Å². The number of nitriles is 1. The number of esters is 1. The number of rotatable bonds is 7. The van der Waals surface area contributed by atoms with Crippen molar-refractivity contribution >= 4 is 5.97 Å². The molecule has 1 aromatic heterocycles. The fourth-order valence-corrected chi connectivity index (χ4v) is 1.94. The van der Waals surface area contributed by atoms with Crippen molar-refractivity contribution in [1.82, 2.24) is 10.1 Å². The first-order valence-electron chi connectivity index (χ1n) is 7.21. The standard InChI is InChI=1S/C16H17N3O5/c1-10(9-17)23-15(20)7-6-14-18-16(19-24-14)11-4-5-12(21-2)13(8-11)22-3/h4-5,8,10H,6-7H2,1-3H3/t10-/m1/s1. The van der Waals surface area contributed by atoms with Crippen molar-refractivity contribution < 1.29 is 23.5 Å². The Hall–Kier alpha value is -3.08. The highest BCUT2D eigenvalue weighted by Gasteiger charge is 2.14. The number of ether oxygens (including phenoxy) is 3. The van der Waals surface area contributed by atoms with Crippen LogP contribution in [0.1, 0.15) is 19.2 Å². The molecule has 126 valence electrons. The number of nitrogens with zero attached hydrogens (tertiary/aromatic N) is 3. The predicted molar refractivity (Wildman–Crippen MR) is 82.3 cm³/mol. The van der Waals surface area contributed by atoms with E-state index < -0.39 is 12.1 Å². The van der Waals surface area contributed by atoms with Crippen molar-refractivity contribution in [1.29, 1.82) is 5.26 Å². The summed E-state index contributed by atoms with van der Waals surface area (Å²) in [6.07, 6.45) is -0.487. The van der Waals surface area contributed by atoms with E-state index in [0.29, 0.717) is 28.8 Å². The van der Waals surface area contributed by atoms with E-state index in [2.05, 4.69) is 10.1 Å². The van der Waals surface area contributed by atoms with Crippen LogP contribution in [0.15, 0.2) is 22.7 Å². The zero-order chi connectivity index (χ0) is 17.5. The summed E-state index contributed by atoms with van der Waals surface area (Å²) >= 11 is 0. The molecule has 24 heavy (non-hydrogen) atoms. The van der Waals surface area contributed by atoms with Crippen LogP contribution < -0.4 is 9.47 Å². The highest BCUT2D eigenvalue weighted by atomic mass is 16.5. The average Bonchev–Trinajstić information content (AvgIpc) is 3.08. The van der Waals surface area contributed by atoms with Gasteiger partial charge in [0.1, 0.15) is 6.07 Å². The van der Waals surface area contributed by atoms with Crippen molar-refractivity contribution in [3.63, 3.8) is 0 Å². The lowest BCUT2D eigenvalue weighted by Gasteiger charge is -2.07. The summed E-state index contributed by atoms with van der Waals surface area (Å²) in [5, 5.41) is 12.5. The maximum Gasteiger partial charge on any atom is 0.307 e. The first-order chi connectivity index (χ1) is 11.6. The molecule has 0 radical (unpaired) electrons. The van der Waals surface area contributed by atoms with Crippen LogP contribution in [0.4, 0.5) is 0 Å². The Morgan fingerprint density at radius 2 is 2.08 bits per heavy atom. The predicted octanol–water partition coefficient (Wildman–Crippen LogP) is 2.14. The van der Waals surface area contributed by atoms with Crippen molar-refractivity contribution in [2.24, 2.45) is 0 Å². The van der Waals surface area contributed by atoms with Crippen LogP contribution in [0.5, 0.6) is 11.5 Å². The third-order valence-corrected chi connectivity index (χ3v) is 3.14. The normalized spacial score (nSPS) is 11.4. The summed E-state index contributed by atoms with van der Waals surface area (Å²) in [4.78, 5) is 15.8. The molecule has 0 amide bonds. The van der Waals surface area contributed by atoms with Gasteiger partial charge in [-0.1, -0.05) is 5.16 Å². The van der Waals surface area contributed by atoms with Crippen LogP contribution in [0.2, 0.25) is 0 Å². The van der Waals surface area contributed by atoms with Gasteiger partial charge < -0.3 is 18.7 Å². The van der Waals surface area contributed by atoms with Crippen molar-refractivity contribution in [3.8, 4) is 29.0 Å². The van der Waals surface area contributed by atoms with Gasteiger partial charge in [0, 0.05) is 12.0 Å². The summed E-state index contributed by atoms with van der Waals surface area (Å²) in [7, 11) is 3.09. The molecule has 0 unspecified atom stereocenters. The summed E-state index contributed by atoms with van der Waals surface area (Å²) in [6, 6.07) is 7.07. The molecule has 2 rings (SSSR count). The molecular formula is C16H17N3O5. The second-order valence-corrected chi connectivity index (χ2v) is 4.84. The Balaban J connectivity index is 2.03. The Morgan fingerprint density at radius 3 is 2.75 bits per heavy atom. The van der Waals surface area contributed by atoms with Gasteiger partial charge in [0.2, 0.25) is 11.7 Å². The Bertz CT molecular complexity index is 750. The molecule has 2 aromatic rings. The monoisotopic (exact) mass is 331 g/mol. The van der Waals surface area contributed by atoms with Gasteiger partial charge in [-0.25, -0.2) is 0 Å². The van der Waals surface area contributed by atoms with Crippen LogP contribution in [-0.4, -0.2) is 36.4 Å². The number of aryl methyl sites for hydroxylation is 1. The second-order valence-electron chi connectivity index (χ2n) is 4.84. The van der Waals surface area contributed by atoms with Crippen molar-refractivity contribution in [2.45, 2.75) is 25.9 Å². The highest BCUT2D eigenvalue weighted by Crippen LogP contribution is 2.31. The van der Waals surface area contributed by atoms with E-state index in [-0.39, 0.29) is 12.8 Å². The minimum atomic E-state index is -0.775. The molecule has 8 heteroatoms. The van der Waals surface area contributed by atoms with E-state index in [1.54, 1.807) is 25.3 Å². The van der Waals surface area contributed by atoms with Crippen LogP contribution in [0, 0.1) is 11.3 Å². The minimum Gasteiger partial charge on any atom is -0.493 e. The highest BCUT2D eigenvalue weighted by molar-refractivity contribution is 5.70. The van der Waals surface area contributed by atoms with E-state index in [4.69, 9.17) is 24.0 Å². The van der Waals surface area contributed by atoms with Gasteiger partial charge >= 0.3 is 5.97 Å². The van der Waals surface area contributed by atoms with Crippen LogP contribution in [-0.2, 0) is 16.0 Å². The topological polar surface area (TPSA) is 107 Å². The molecule has 8 nitrogen and oxygen atoms in total. The average molecular weight is 331 g/mol. The molecule has 0 aliphatic heterocycles. The smallest absolute Gasteiger partial charge is 0.307 e. The molecule has 0 aliphatic rings. The number of hydrogen-bond donors (Lipinski definition) is 0. The largest absolute Gasteiger partial charge is 0.493 e. The van der Waals surface area contributed by atoms with E-state index in [0.717, 1.165) is 0 Å². The molecule has 1 heterocycles. The number of carbonyl (C=O) groups excluding carboxylic acids is 1. The number of benzene rings is 1. The number of methoxy groups -OCH3 is 2. The Kier molecular flexibility index (Phi) is 5.73. The van der Waals surface area contributed by atoms with E-state index in [1.165, 1.54) is 14.0 Å². The van der Waals surface area contributed by atoms with Crippen LogP contribution >= 0.6 is 0 Å². The molecule has 0 N–H and O–H groups in total. The van der Waals surface area contributed by atoms with Crippen molar-refractivity contribution in [2.75, 3.05) is 14.2 Å². The second kappa shape index (κ2) is 7.97. The van der Waals surface area contributed by atoms with Crippen LogP contribution in [0.25, 0.3) is 11.4 Å². The van der Waals surface area contributed by atoms with E-state index in [9.17, 15) is 4.79 Å².